The molecule has 2 nitrogen and oxygen atoms in total. The molecule has 0 aliphatic rings. The Bertz CT molecular complexity index is 94.7. The molecule has 0 amide bonds. The lowest BCUT2D eigenvalue weighted by Gasteiger charge is -1.91. The molecule has 0 aromatic carbocycles. The third kappa shape index (κ3) is 2.39. The lowest BCUT2D eigenvalue weighted by molar-refractivity contribution is 0.935. The normalized spacial score (nSPS) is 11.4. The van der Waals surface area contributed by atoms with E-state index in [9.17, 15) is 0 Å². The monoisotopic (exact) mass is 112 g/mol. The van der Waals surface area contributed by atoms with Crippen LogP contribution in [0.2, 0.25) is 0 Å². The summed E-state index contributed by atoms with van der Waals surface area (Å²) in [6, 6.07) is 0. The first-order chi connectivity index (χ1) is 3.85. The number of nitrogens with one attached hydrogen (secondary N) is 1. The highest BCUT2D eigenvalue weighted by Crippen LogP contribution is 1.97. The number of allylic oxidation sites excluding steroid dienone is 1. The summed E-state index contributed by atoms with van der Waals surface area (Å²) in [4.78, 5) is 0. The zero-order chi connectivity index (χ0) is 6.41. The molecule has 0 spiro atoms. The molecule has 0 aromatic rings. The fraction of sp³-hybridized carbons (Fsp3) is 0.500. The Hall–Kier alpha value is -0.790. The summed E-state index contributed by atoms with van der Waals surface area (Å²) in [5.74, 6) is 0. The van der Waals surface area contributed by atoms with E-state index in [0.717, 1.165) is 18.4 Å². The van der Waals surface area contributed by atoms with E-state index in [-0.39, 0.29) is 0 Å². The molecule has 0 fully saturated rings. The van der Waals surface area contributed by atoms with Crippen LogP contribution >= 0.6 is 0 Å². The third-order valence-electron chi connectivity index (χ3n) is 0.938. The van der Waals surface area contributed by atoms with Crippen LogP contribution in [0.15, 0.2) is 11.8 Å². The summed E-state index contributed by atoms with van der Waals surface area (Å²) in [7, 11) is 0. The van der Waals surface area contributed by atoms with Crippen molar-refractivity contribution < 1.29 is 0 Å². The summed E-state index contributed by atoms with van der Waals surface area (Å²) in [5.41, 5.74) is 6.07. The van der Waals surface area contributed by atoms with E-state index < -0.39 is 0 Å². The van der Waals surface area contributed by atoms with Gasteiger partial charge in [-0.3, -0.25) is 0 Å². The van der Waals surface area contributed by atoms with Gasteiger partial charge in [-0.1, -0.05) is 13.3 Å². The van der Waals surface area contributed by atoms with Gasteiger partial charge >= 0.3 is 0 Å². The van der Waals surface area contributed by atoms with Crippen LogP contribution in [0.3, 0.4) is 0 Å². The second-order valence-corrected chi connectivity index (χ2v) is 1.64. The van der Waals surface area contributed by atoms with Gasteiger partial charge < -0.3 is 11.1 Å². The van der Waals surface area contributed by atoms with Gasteiger partial charge in [0.15, 0.2) is 0 Å². The third-order valence-corrected chi connectivity index (χ3v) is 0.938. The van der Waals surface area contributed by atoms with Crippen molar-refractivity contribution in [2.45, 2.75) is 19.8 Å². The van der Waals surface area contributed by atoms with Gasteiger partial charge in [0.25, 0.3) is 0 Å². The van der Waals surface area contributed by atoms with Gasteiger partial charge in [-0.2, -0.15) is 0 Å². The molecular formula is C6H12N2. The summed E-state index contributed by atoms with van der Waals surface area (Å²) >= 11 is 0. The maximum atomic E-state index is 6.79. The predicted molar refractivity (Wildman–Crippen MR) is 36.0 cm³/mol. The molecule has 2 heteroatoms. The minimum Gasteiger partial charge on any atom is -0.404 e. The average Bonchev–Trinajstić information content (AvgIpc) is 1.83. The lowest BCUT2D eigenvalue weighted by Crippen LogP contribution is -1.88. The van der Waals surface area contributed by atoms with E-state index >= 15 is 0 Å². The molecule has 0 bridgehead atoms. The smallest absolute Gasteiger partial charge is 0.0224 e. The van der Waals surface area contributed by atoms with Crippen LogP contribution in [-0.2, 0) is 0 Å². The van der Waals surface area contributed by atoms with Crippen molar-refractivity contribution in [2.24, 2.45) is 5.73 Å². The number of hydrogen-bond acceptors (Lipinski definition) is 2. The quantitative estimate of drug-likeness (QED) is 0.531. The maximum absolute atomic E-state index is 6.79. The molecule has 8 heavy (non-hydrogen) atoms. The van der Waals surface area contributed by atoms with Gasteiger partial charge in [0, 0.05) is 6.21 Å². The Morgan fingerprint density at radius 3 is 2.50 bits per heavy atom. The first-order valence-electron chi connectivity index (χ1n) is 2.76. The fourth-order valence-corrected chi connectivity index (χ4v) is 0.492. The molecule has 0 heterocycles. The van der Waals surface area contributed by atoms with Crippen LogP contribution in [0.5, 0.6) is 0 Å². The minimum absolute atomic E-state index is 0.910. The molecule has 3 N–H and O–H groups in total. The van der Waals surface area contributed by atoms with Crippen LogP contribution in [-0.4, -0.2) is 6.21 Å². The second-order valence-electron chi connectivity index (χ2n) is 1.64. The van der Waals surface area contributed by atoms with Gasteiger partial charge in [0.2, 0.25) is 0 Å². The minimum atomic E-state index is 0.910. The number of hydrogen-bond donors (Lipinski definition) is 2. The van der Waals surface area contributed by atoms with Crippen molar-refractivity contribution in [3.63, 3.8) is 0 Å². The molecule has 0 unspecified atom stereocenters. The fourth-order valence-electron chi connectivity index (χ4n) is 0.492. The van der Waals surface area contributed by atoms with Crippen molar-refractivity contribution in [3.8, 4) is 0 Å². The van der Waals surface area contributed by atoms with Crippen LogP contribution < -0.4 is 5.73 Å². The second kappa shape index (κ2) is 4.37. The SMILES string of the molecule is CCC/C(C=N)=C\N. The summed E-state index contributed by atoms with van der Waals surface area (Å²) in [6.45, 7) is 2.06. The van der Waals surface area contributed by atoms with E-state index in [0.29, 0.717) is 0 Å². The van der Waals surface area contributed by atoms with E-state index in [1.165, 1.54) is 12.4 Å². The van der Waals surface area contributed by atoms with Crippen LogP contribution in [0.25, 0.3) is 0 Å². The molecule has 0 saturated carbocycles. The number of nitrogens with two attached hydrogens (primary N) is 1. The van der Waals surface area contributed by atoms with Crippen LogP contribution in [0.1, 0.15) is 19.8 Å². The zero-order valence-electron chi connectivity index (χ0n) is 5.15. The standard InChI is InChI=1S/C6H12N2/c1-2-3-6(4-7)5-8/h4-5,7H,2-3,8H2,1H3/b6-5+,7-4?. The van der Waals surface area contributed by atoms with Gasteiger partial charge in [-0.05, 0) is 18.2 Å². The van der Waals surface area contributed by atoms with Crippen LogP contribution in [0, 0.1) is 5.41 Å². The van der Waals surface area contributed by atoms with Crippen molar-refractivity contribution >= 4 is 6.21 Å². The lowest BCUT2D eigenvalue weighted by atomic mass is 10.2. The molecular weight excluding hydrogens is 100 g/mol. The summed E-state index contributed by atoms with van der Waals surface area (Å²) in [5, 5.41) is 6.79. The zero-order valence-corrected chi connectivity index (χ0v) is 5.15. The first kappa shape index (κ1) is 7.21. The molecule has 0 rings (SSSR count). The van der Waals surface area contributed by atoms with Crippen molar-refractivity contribution in [1.82, 2.24) is 0 Å². The highest BCUT2D eigenvalue weighted by Gasteiger charge is 1.85. The Morgan fingerprint density at radius 2 is 2.38 bits per heavy atom. The van der Waals surface area contributed by atoms with E-state index in [1.807, 2.05) is 0 Å². The molecule has 0 aliphatic heterocycles. The van der Waals surface area contributed by atoms with E-state index in [2.05, 4.69) is 6.92 Å². The van der Waals surface area contributed by atoms with Crippen molar-refractivity contribution in [1.29, 1.82) is 5.41 Å². The highest BCUT2D eigenvalue weighted by atomic mass is 14.5. The largest absolute Gasteiger partial charge is 0.404 e. The molecule has 0 aromatic heterocycles. The van der Waals surface area contributed by atoms with Gasteiger partial charge in [0.05, 0.1) is 0 Å². The van der Waals surface area contributed by atoms with Crippen molar-refractivity contribution in [2.75, 3.05) is 0 Å². The Morgan fingerprint density at radius 1 is 1.75 bits per heavy atom. The Balaban J connectivity index is 3.54. The predicted octanol–water partition coefficient (Wildman–Crippen LogP) is 1.28. The van der Waals surface area contributed by atoms with Gasteiger partial charge in [-0.25, -0.2) is 0 Å². The molecule has 0 atom stereocenters. The topological polar surface area (TPSA) is 49.9 Å². The summed E-state index contributed by atoms with van der Waals surface area (Å²) < 4.78 is 0. The average molecular weight is 112 g/mol. The summed E-state index contributed by atoms with van der Waals surface area (Å²) in [6.07, 6.45) is 4.75. The van der Waals surface area contributed by atoms with E-state index in [4.69, 9.17) is 11.1 Å². The Labute approximate surface area is 49.9 Å². The molecule has 0 radical (unpaired) electrons. The van der Waals surface area contributed by atoms with Gasteiger partial charge in [-0.15, -0.1) is 0 Å². The number of rotatable bonds is 3. The Kier molecular flexibility index (Phi) is 3.94. The molecule has 46 valence electrons. The molecule has 0 saturated heterocycles. The first-order valence-corrected chi connectivity index (χ1v) is 2.76. The van der Waals surface area contributed by atoms with Gasteiger partial charge in [0.1, 0.15) is 0 Å². The maximum Gasteiger partial charge on any atom is 0.0224 e. The van der Waals surface area contributed by atoms with E-state index in [1.54, 1.807) is 0 Å². The van der Waals surface area contributed by atoms with Crippen molar-refractivity contribution in [3.05, 3.63) is 11.8 Å². The van der Waals surface area contributed by atoms with Crippen LogP contribution in [0.4, 0.5) is 0 Å². The highest BCUT2D eigenvalue weighted by molar-refractivity contribution is 5.75. The molecule has 0 aliphatic carbocycles.